The van der Waals surface area contributed by atoms with Crippen LogP contribution in [0.15, 0.2) is 36.4 Å². The number of methoxy groups -OCH3 is 1. The summed E-state index contributed by atoms with van der Waals surface area (Å²) < 4.78 is 7.00. The Bertz CT molecular complexity index is 1140. The number of carbonyl (C=O) groups is 1. The number of benzene rings is 2. The summed E-state index contributed by atoms with van der Waals surface area (Å²) in [5, 5.41) is 18.2. The molecule has 0 unspecified atom stereocenters. The van der Waals surface area contributed by atoms with Crippen LogP contribution in [0.3, 0.4) is 0 Å². The summed E-state index contributed by atoms with van der Waals surface area (Å²) in [6.07, 6.45) is 0. The van der Waals surface area contributed by atoms with Gasteiger partial charge in [0.1, 0.15) is 6.07 Å². The Morgan fingerprint density at radius 3 is 2.69 bits per heavy atom. The number of carbonyl (C=O) groups excluding carboxylic acids is 1. The molecule has 7 heteroatoms. The second-order valence-electron chi connectivity index (χ2n) is 7.12. The quantitative estimate of drug-likeness (QED) is 0.642. The summed E-state index contributed by atoms with van der Waals surface area (Å²) in [5.41, 5.74) is 4.87. The Balaban J connectivity index is 1.71. The highest BCUT2D eigenvalue weighted by atomic mass is 16.5. The Kier molecular flexibility index (Phi) is 4.77. The first-order valence-corrected chi connectivity index (χ1v) is 9.39. The summed E-state index contributed by atoms with van der Waals surface area (Å²) in [5.74, 6) is 1.22. The van der Waals surface area contributed by atoms with E-state index in [1.165, 1.54) is 7.11 Å². The number of rotatable bonds is 3. The lowest BCUT2D eigenvalue weighted by Crippen LogP contribution is -2.34. The average Bonchev–Trinajstić information content (AvgIpc) is 3.16. The first-order chi connectivity index (χ1) is 14.0. The first kappa shape index (κ1) is 18.7. The van der Waals surface area contributed by atoms with E-state index in [1.54, 1.807) is 0 Å². The number of para-hydroxylation sites is 1. The highest BCUT2D eigenvalue weighted by Gasteiger charge is 2.25. The third kappa shape index (κ3) is 3.23. The van der Waals surface area contributed by atoms with Crippen LogP contribution in [-0.4, -0.2) is 34.4 Å². The molecular weight excluding hydrogens is 366 g/mol. The van der Waals surface area contributed by atoms with Crippen LogP contribution < -0.4 is 4.90 Å². The molecular formula is C22H21N5O2. The Labute approximate surface area is 169 Å². The lowest BCUT2D eigenvalue weighted by atomic mass is 9.99. The van der Waals surface area contributed by atoms with Gasteiger partial charge < -0.3 is 14.2 Å². The molecule has 7 nitrogen and oxygen atoms in total. The van der Waals surface area contributed by atoms with E-state index >= 15 is 0 Å². The molecule has 0 N–H and O–H groups in total. The Hall–Kier alpha value is -3.66. The maximum absolute atomic E-state index is 12.1. The van der Waals surface area contributed by atoms with Crippen molar-refractivity contribution in [3.63, 3.8) is 0 Å². The molecule has 4 rings (SSSR count). The van der Waals surface area contributed by atoms with E-state index in [2.05, 4.69) is 25.7 Å². The first-order valence-electron chi connectivity index (χ1n) is 9.39. The largest absolute Gasteiger partial charge is 0.465 e. The molecule has 1 aliphatic heterocycles. The van der Waals surface area contributed by atoms with Gasteiger partial charge in [0.05, 0.1) is 30.5 Å². The smallest absolute Gasteiger partial charge is 0.338 e. The van der Waals surface area contributed by atoms with Crippen molar-refractivity contribution in [3.05, 3.63) is 64.5 Å². The van der Waals surface area contributed by atoms with Gasteiger partial charge in [-0.05, 0) is 43.2 Å². The SMILES string of the molecule is COC(=O)c1cc(-c2nnc3n2CCN(c2ccccc2C#N)C3)c(C)cc1C. The molecule has 3 aromatic rings. The number of nitrogens with zero attached hydrogens (tertiary/aromatic N) is 5. The molecule has 0 amide bonds. The van der Waals surface area contributed by atoms with E-state index in [9.17, 15) is 10.1 Å². The minimum Gasteiger partial charge on any atom is -0.465 e. The van der Waals surface area contributed by atoms with E-state index in [-0.39, 0.29) is 5.97 Å². The Morgan fingerprint density at radius 2 is 1.93 bits per heavy atom. The van der Waals surface area contributed by atoms with Gasteiger partial charge in [-0.1, -0.05) is 18.2 Å². The van der Waals surface area contributed by atoms with Crippen LogP contribution in [0.1, 0.15) is 32.9 Å². The molecule has 0 saturated carbocycles. The third-order valence-corrected chi connectivity index (χ3v) is 5.34. The van der Waals surface area contributed by atoms with Crippen molar-refractivity contribution < 1.29 is 9.53 Å². The van der Waals surface area contributed by atoms with Crippen molar-refractivity contribution in [1.29, 1.82) is 5.26 Å². The summed E-state index contributed by atoms with van der Waals surface area (Å²) in [4.78, 5) is 14.3. The van der Waals surface area contributed by atoms with Crippen LogP contribution in [0.4, 0.5) is 5.69 Å². The maximum Gasteiger partial charge on any atom is 0.338 e. The molecule has 0 spiro atoms. The lowest BCUT2D eigenvalue weighted by Gasteiger charge is -2.30. The normalized spacial score (nSPS) is 13.0. The fourth-order valence-corrected chi connectivity index (χ4v) is 3.83. The molecule has 2 aromatic carbocycles. The van der Waals surface area contributed by atoms with Crippen LogP contribution in [0.25, 0.3) is 11.4 Å². The van der Waals surface area contributed by atoms with E-state index in [0.29, 0.717) is 24.2 Å². The zero-order valence-electron chi connectivity index (χ0n) is 16.6. The van der Waals surface area contributed by atoms with Crippen molar-refractivity contribution in [1.82, 2.24) is 14.8 Å². The molecule has 1 aromatic heterocycles. The summed E-state index contributed by atoms with van der Waals surface area (Å²) in [6, 6.07) is 13.6. The third-order valence-electron chi connectivity index (χ3n) is 5.34. The van der Waals surface area contributed by atoms with Crippen molar-refractivity contribution in [2.75, 3.05) is 18.6 Å². The predicted octanol–water partition coefficient (Wildman–Crippen LogP) is 3.24. The van der Waals surface area contributed by atoms with E-state index in [1.807, 2.05) is 50.2 Å². The van der Waals surface area contributed by atoms with Crippen molar-refractivity contribution in [2.24, 2.45) is 0 Å². The second-order valence-corrected chi connectivity index (χ2v) is 7.12. The van der Waals surface area contributed by atoms with Gasteiger partial charge in [0.25, 0.3) is 0 Å². The van der Waals surface area contributed by atoms with Gasteiger partial charge in [-0.25, -0.2) is 4.79 Å². The topological polar surface area (TPSA) is 84.0 Å². The standard InChI is InChI=1S/C22H21N5O2/c1-14-10-15(2)18(22(28)29-3)11-17(14)21-25-24-20-13-26(8-9-27(20)21)19-7-5-4-6-16(19)12-23/h4-7,10-11H,8-9,13H2,1-3H3. The minimum absolute atomic E-state index is 0.360. The Morgan fingerprint density at radius 1 is 1.14 bits per heavy atom. The van der Waals surface area contributed by atoms with Gasteiger partial charge in [0.2, 0.25) is 0 Å². The molecule has 29 heavy (non-hydrogen) atoms. The minimum atomic E-state index is -0.360. The van der Waals surface area contributed by atoms with Gasteiger partial charge in [0.15, 0.2) is 11.6 Å². The summed E-state index contributed by atoms with van der Waals surface area (Å²) >= 11 is 0. The molecule has 1 aliphatic rings. The number of ether oxygens (including phenoxy) is 1. The highest BCUT2D eigenvalue weighted by molar-refractivity contribution is 5.92. The van der Waals surface area contributed by atoms with Gasteiger partial charge >= 0.3 is 5.97 Å². The summed E-state index contributed by atoms with van der Waals surface area (Å²) in [6.45, 7) is 5.90. The molecule has 0 radical (unpaired) electrons. The zero-order chi connectivity index (χ0) is 20.5. The molecule has 0 saturated heterocycles. The molecule has 0 fully saturated rings. The van der Waals surface area contributed by atoms with Crippen LogP contribution in [0.5, 0.6) is 0 Å². The number of fused-ring (bicyclic) bond motifs is 1. The van der Waals surface area contributed by atoms with E-state index in [4.69, 9.17) is 4.74 Å². The fourth-order valence-electron chi connectivity index (χ4n) is 3.83. The molecule has 2 heterocycles. The van der Waals surface area contributed by atoms with Crippen LogP contribution in [0, 0.1) is 25.2 Å². The van der Waals surface area contributed by atoms with Gasteiger partial charge in [0, 0.05) is 18.7 Å². The molecule has 0 aliphatic carbocycles. The van der Waals surface area contributed by atoms with Gasteiger partial charge in [-0.2, -0.15) is 5.26 Å². The number of anilines is 1. The summed E-state index contributed by atoms with van der Waals surface area (Å²) in [7, 11) is 1.38. The maximum atomic E-state index is 12.1. The molecule has 0 atom stereocenters. The second kappa shape index (κ2) is 7.40. The predicted molar refractivity (Wildman–Crippen MR) is 108 cm³/mol. The number of nitriles is 1. The molecule has 146 valence electrons. The fraction of sp³-hybridized carbons (Fsp3) is 0.273. The zero-order valence-corrected chi connectivity index (χ0v) is 16.6. The number of aromatic nitrogens is 3. The van der Waals surface area contributed by atoms with Crippen LogP contribution in [0.2, 0.25) is 0 Å². The number of aryl methyl sites for hydroxylation is 2. The lowest BCUT2D eigenvalue weighted by molar-refractivity contribution is 0.0600. The highest BCUT2D eigenvalue weighted by Crippen LogP contribution is 2.30. The monoisotopic (exact) mass is 387 g/mol. The number of hydrogen-bond acceptors (Lipinski definition) is 6. The van der Waals surface area contributed by atoms with Crippen molar-refractivity contribution >= 4 is 11.7 Å². The van der Waals surface area contributed by atoms with Crippen LogP contribution >= 0.6 is 0 Å². The van der Waals surface area contributed by atoms with E-state index < -0.39 is 0 Å². The van der Waals surface area contributed by atoms with Crippen molar-refractivity contribution in [3.8, 4) is 17.5 Å². The molecule has 0 bridgehead atoms. The number of esters is 1. The van der Waals surface area contributed by atoms with Crippen molar-refractivity contribution in [2.45, 2.75) is 26.9 Å². The van der Waals surface area contributed by atoms with E-state index in [0.717, 1.165) is 40.6 Å². The number of hydrogen-bond donors (Lipinski definition) is 0. The van der Waals surface area contributed by atoms with Gasteiger partial charge in [-0.15, -0.1) is 10.2 Å². The average molecular weight is 387 g/mol. The van der Waals surface area contributed by atoms with Crippen LogP contribution in [-0.2, 0) is 17.8 Å². The van der Waals surface area contributed by atoms with Gasteiger partial charge in [-0.3, -0.25) is 0 Å².